The second kappa shape index (κ2) is 8.41. The van der Waals surface area contributed by atoms with Gasteiger partial charge in [-0.2, -0.15) is 0 Å². The molecule has 0 saturated heterocycles. The second-order valence-electron chi connectivity index (χ2n) is 6.01. The zero-order valence-electron chi connectivity index (χ0n) is 14.4. The molecule has 0 radical (unpaired) electrons. The van der Waals surface area contributed by atoms with Crippen molar-refractivity contribution >= 4 is 31.0 Å². The van der Waals surface area contributed by atoms with Crippen LogP contribution in [0.4, 0.5) is 0 Å². The summed E-state index contributed by atoms with van der Waals surface area (Å²) in [7, 11) is 0. The molecule has 4 rings (SSSR count). The van der Waals surface area contributed by atoms with E-state index in [9.17, 15) is 0 Å². The molecular formula is C24H20AsCl. The Morgan fingerprint density at radius 1 is 0.308 bits per heavy atom. The van der Waals surface area contributed by atoms with Crippen molar-refractivity contribution in [1.29, 1.82) is 0 Å². The Morgan fingerprint density at radius 2 is 0.500 bits per heavy atom. The van der Waals surface area contributed by atoms with Crippen molar-refractivity contribution in [3.05, 3.63) is 121 Å². The maximum atomic E-state index is 2.31. The molecule has 0 spiro atoms. The van der Waals surface area contributed by atoms with E-state index < -0.39 is 13.6 Å². The molecule has 0 nitrogen and oxygen atoms in total. The van der Waals surface area contributed by atoms with Gasteiger partial charge in [-0.05, 0) is 0 Å². The minimum absolute atomic E-state index is 0. The van der Waals surface area contributed by atoms with Crippen LogP contribution in [0.1, 0.15) is 0 Å². The normalized spacial score (nSPS) is 10.8. The monoisotopic (exact) mass is 418 g/mol. The summed E-state index contributed by atoms with van der Waals surface area (Å²) in [6.45, 7) is 0. The van der Waals surface area contributed by atoms with Crippen LogP contribution in [0.3, 0.4) is 0 Å². The van der Waals surface area contributed by atoms with E-state index in [1.807, 2.05) is 0 Å². The van der Waals surface area contributed by atoms with Crippen molar-refractivity contribution in [2.24, 2.45) is 0 Å². The molecule has 0 heterocycles. The Morgan fingerprint density at radius 3 is 0.692 bits per heavy atom. The number of halogens is 1. The Labute approximate surface area is 164 Å². The van der Waals surface area contributed by atoms with Gasteiger partial charge in [0.2, 0.25) is 0 Å². The average molecular weight is 419 g/mol. The Bertz CT molecular complexity index is 759. The molecule has 26 heavy (non-hydrogen) atoms. The molecular weight excluding hydrogens is 399 g/mol. The fourth-order valence-electron chi connectivity index (χ4n) is 3.50. The SMILES string of the molecule is [Cl-].c1ccc([As+](c2ccccc2)(c2ccccc2)c2ccccc2)cc1. The van der Waals surface area contributed by atoms with Gasteiger partial charge in [0, 0.05) is 0 Å². The number of rotatable bonds is 4. The molecule has 0 aliphatic carbocycles. The van der Waals surface area contributed by atoms with Crippen molar-refractivity contribution in [2.75, 3.05) is 0 Å². The third-order valence-electron chi connectivity index (χ3n) is 4.57. The molecule has 0 atom stereocenters. The van der Waals surface area contributed by atoms with Gasteiger partial charge in [0.25, 0.3) is 0 Å². The van der Waals surface area contributed by atoms with E-state index in [-0.39, 0.29) is 12.4 Å². The second-order valence-corrected chi connectivity index (χ2v) is 13.2. The van der Waals surface area contributed by atoms with E-state index in [2.05, 4.69) is 121 Å². The molecule has 0 aliphatic rings. The standard InChI is InChI=1S/C24H20As.ClH/c1-5-13-21(14-6-1)25(22-15-7-2-8-16-22,23-17-9-3-10-18-23)24-19-11-4-12-20-24;/h1-20H;1H/q+1;/p-1. The molecule has 0 N–H and O–H groups in total. The summed E-state index contributed by atoms with van der Waals surface area (Å²) in [4.78, 5) is 0. The van der Waals surface area contributed by atoms with Crippen molar-refractivity contribution in [2.45, 2.75) is 0 Å². The van der Waals surface area contributed by atoms with Crippen molar-refractivity contribution in [3.8, 4) is 0 Å². The van der Waals surface area contributed by atoms with Gasteiger partial charge < -0.3 is 12.4 Å². The predicted octanol–water partition coefficient (Wildman–Crippen LogP) is 0.0680. The predicted molar refractivity (Wildman–Crippen MR) is 110 cm³/mol. The number of hydrogen-bond donors (Lipinski definition) is 0. The van der Waals surface area contributed by atoms with E-state index in [1.165, 1.54) is 17.4 Å². The average Bonchev–Trinajstić information content (AvgIpc) is 2.72. The Hall–Kier alpha value is -2.27. The molecule has 128 valence electrons. The van der Waals surface area contributed by atoms with Gasteiger partial charge >= 0.3 is 152 Å². The van der Waals surface area contributed by atoms with E-state index in [0.717, 1.165) is 0 Å². The summed E-state index contributed by atoms with van der Waals surface area (Å²) in [5.41, 5.74) is 0. The molecule has 0 bridgehead atoms. The number of benzene rings is 4. The van der Waals surface area contributed by atoms with Gasteiger partial charge in [-0.25, -0.2) is 0 Å². The summed E-state index contributed by atoms with van der Waals surface area (Å²) in [6, 6.07) is 44.2. The molecule has 0 aliphatic heterocycles. The third kappa shape index (κ3) is 3.23. The van der Waals surface area contributed by atoms with Crippen LogP contribution in [-0.2, 0) is 0 Å². The van der Waals surface area contributed by atoms with Gasteiger partial charge in [0.15, 0.2) is 0 Å². The molecule has 0 fully saturated rings. The van der Waals surface area contributed by atoms with Gasteiger partial charge in [-0.15, -0.1) is 0 Å². The van der Waals surface area contributed by atoms with E-state index in [4.69, 9.17) is 0 Å². The fraction of sp³-hybridized carbons (Fsp3) is 0. The van der Waals surface area contributed by atoms with Crippen LogP contribution in [0.15, 0.2) is 121 Å². The van der Waals surface area contributed by atoms with Crippen molar-refractivity contribution in [1.82, 2.24) is 0 Å². The van der Waals surface area contributed by atoms with Crippen LogP contribution < -0.4 is 29.8 Å². The first-order valence-electron chi connectivity index (χ1n) is 8.54. The summed E-state index contributed by atoms with van der Waals surface area (Å²) in [6.07, 6.45) is 0. The molecule has 4 aromatic rings. The summed E-state index contributed by atoms with van der Waals surface area (Å²) >= 11 is -2.77. The topological polar surface area (TPSA) is 0 Å². The molecule has 0 aromatic heterocycles. The first kappa shape index (κ1) is 18.5. The Balaban J connectivity index is 0.00000196. The van der Waals surface area contributed by atoms with Gasteiger partial charge in [-0.3, -0.25) is 0 Å². The van der Waals surface area contributed by atoms with Crippen molar-refractivity contribution in [3.63, 3.8) is 0 Å². The van der Waals surface area contributed by atoms with Crippen LogP contribution in [0.25, 0.3) is 0 Å². The summed E-state index contributed by atoms with van der Waals surface area (Å²) in [5, 5.41) is 0. The van der Waals surface area contributed by atoms with Crippen LogP contribution in [0, 0.1) is 0 Å². The summed E-state index contributed by atoms with van der Waals surface area (Å²) < 4.78 is 5.79. The van der Waals surface area contributed by atoms with Gasteiger partial charge in [0.1, 0.15) is 0 Å². The zero-order valence-corrected chi connectivity index (χ0v) is 17.0. The first-order chi connectivity index (χ1) is 12.4. The quantitative estimate of drug-likeness (QED) is 0.412. The zero-order chi connectivity index (χ0) is 17.0. The fourth-order valence-corrected chi connectivity index (χ4v) is 12.5. The molecule has 4 aromatic carbocycles. The van der Waals surface area contributed by atoms with E-state index >= 15 is 0 Å². The van der Waals surface area contributed by atoms with Crippen LogP contribution >= 0.6 is 0 Å². The van der Waals surface area contributed by atoms with E-state index in [1.54, 1.807) is 0 Å². The minimum atomic E-state index is -2.77. The first-order valence-corrected chi connectivity index (χ1v) is 12.3. The van der Waals surface area contributed by atoms with E-state index in [0.29, 0.717) is 0 Å². The van der Waals surface area contributed by atoms with Gasteiger partial charge in [-0.1, -0.05) is 0 Å². The number of hydrogen-bond acceptors (Lipinski definition) is 0. The Kier molecular flexibility index (Phi) is 5.99. The van der Waals surface area contributed by atoms with Crippen LogP contribution in [0.2, 0.25) is 0 Å². The molecule has 0 saturated carbocycles. The van der Waals surface area contributed by atoms with Crippen LogP contribution in [0.5, 0.6) is 0 Å². The van der Waals surface area contributed by atoms with Crippen molar-refractivity contribution < 1.29 is 12.4 Å². The summed E-state index contributed by atoms with van der Waals surface area (Å²) in [5.74, 6) is 0. The molecule has 0 amide bonds. The molecule has 0 unspecified atom stereocenters. The van der Waals surface area contributed by atoms with Gasteiger partial charge in [0.05, 0.1) is 0 Å². The third-order valence-corrected chi connectivity index (χ3v) is 13.6. The maximum absolute atomic E-state index is 2.77. The van der Waals surface area contributed by atoms with Crippen LogP contribution in [-0.4, -0.2) is 13.6 Å². The molecule has 2 heteroatoms.